The van der Waals surface area contributed by atoms with Gasteiger partial charge < -0.3 is 9.42 Å². The Bertz CT molecular complexity index is 732. The highest BCUT2D eigenvalue weighted by Crippen LogP contribution is 2.35. The Hall–Kier alpha value is -1.47. The van der Waals surface area contributed by atoms with Crippen LogP contribution in [0.25, 0.3) is 0 Å². The van der Waals surface area contributed by atoms with Crippen molar-refractivity contribution in [2.24, 2.45) is 5.92 Å². The molecular weight excluding hydrogens is 390 g/mol. The first-order chi connectivity index (χ1) is 14.9. The van der Waals surface area contributed by atoms with E-state index in [1.165, 1.54) is 25.7 Å². The number of rotatable bonds is 5. The summed E-state index contributed by atoms with van der Waals surface area (Å²) in [6, 6.07) is 1.22. The lowest BCUT2D eigenvalue weighted by Gasteiger charge is -2.45. The van der Waals surface area contributed by atoms with Crippen molar-refractivity contribution in [2.45, 2.75) is 90.1 Å². The second kappa shape index (κ2) is 9.57. The molecule has 3 fully saturated rings. The van der Waals surface area contributed by atoms with Crippen LogP contribution in [0.3, 0.4) is 0 Å². The topological polar surface area (TPSA) is 65.7 Å². The summed E-state index contributed by atoms with van der Waals surface area (Å²) in [6.45, 7) is 14.8. The number of amides is 1. The number of piperidine rings is 1. The predicted octanol–water partition coefficient (Wildman–Crippen LogP) is 3.23. The van der Waals surface area contributed by atoms with Crippen molar-refractivity contribution in [2.75, 3.05) is 39.3 Å². The van der Waals surface area contributed by atoms with Gasteiger partial charge in [0.1, 0.15) is 0 Å². The van der Waals surface area contributed by atoms with E-state index in [0.717, 1.165) is 57.9 Å². The molecule has 174 valence electrons. The zero-order valence-corrected chi connectivity index (χ0v) is 20.0. The molecule has 0 bridgehead atoms. The summed E-state index contributed by atoms with van der Waals surface area (Å²) in [5.41, 5.74) is -0.0853. The molecule has 3 aliphatic rings. The summed E-state index contributed by atoms with van der Waals surface area (Å²) in [7, 11) is 0. The van der Waals surface area contributed by atoms with Crippen molar-refractivity contribution in [3.05, 3.63) is 11.7 Å². The fraction of sp³-hybridized carbons (Fsp3) is 0.875. The van der Waals surface area contributed by atoms with Crippen molar-refractivity contribution in [1.82, 2.24) is 24.8 Å². The molecule has 0 radical (unpaired) electrons. The van der Waals surface area contributed by atoms with Crippen LogP contribution in [0.1, 0.15) is 77.4 Å². The third kappa shape index (κ3) is 5.14. The van der Waals surface area contributed by atoms with Gasteiger partial charge >= 0.3 is 0 Å². The molecule has 1 aliphatic carbocycles. The van der Waals surface area contributed by atoms with Gasteiger partial charge in [0.25, 0.3) is 0 Å². The number of carbonyl (C=O) groups is 1. The molecule has 0 unspecified atom stereocenters. The summed E-state index contributed by atoms with van der Waals surface area (Å²) in [4.78, 5) is 25.1. The molecule has 2 atom stereocenters. The minimum absolute atomic E-state index is 0.0853. The molecule has 4 rings (SSSR count). The van der Waals surface area contributed by atoms with E-state index < -0.39 is 0 Å². The van der Waals surface area contributed by atoms with Gasteiger partial charge in [0, 0.05) is 70.1 Å². The van der Waals surface area contributed by atoms with Gasteiger partial charge in [0.15, 0.2) is 5.82 Å². The maximum Gasteiger partial charge on any atom is 0.223 e. The Labute approximate surface area is 187 Å². The van der Waals surface area contributed by atoms with Gasteiger partial charge in [-0.05, 0) is 45.4 Å². The number of hydrogen-bond acceptors (Lipinski definition) is 6. The normalized spacial score (nSPS) is 28.2. The van der Waals surface area contributed by atoms with Crippen LogP contribution in [0, 0.1) is 12.8 Å². The maximum atomic E-state index is 13.2. The zero-order chi connectivity index (χ0) is 22.0. The fourth-order valence-electron chi connectivity index (χ4n) is 5.86. The number of piperazine rings is 1. The lowest BCUT2D eigenvalue weighted by molar-refractivity contribution is -0.134. The van der Waals surface area contributed by atoms with Gasteiger partial charge in [-0.2, -0.15) is 4.98 Å². The van der Waals surface area contributed by atoms with Crippen molar-refractivity contribution < 1.29 is 9.32 Å². The molecule has 0 spiro atoms. The van der Waals surface area contributed by atoms with Crippen LogP contribution in [0.2, 0.25) is 0 Å². The largest absolute Gasteiger partial charge is 0.343 e. The van der Waals surface area contributed by atoms with Crippen molar-refractivity contribution in [1.29, 1.82) is 0 Å². The Morgan fingerprint density at radius 2 is 1.77 bits per heavy atom. The summed E-state index contributed by atoms with van der Waals surface area (Å²) in [5.74, 6) is 2.28. The molecule has 1 aromatic rings. The molecule has 0 N–H and O–H groups in total. The van der Waals surface area contributed by atoms with Gasteiger partial charge in [-0.25, -0.2) is 0 Å². The van der Waals surface area contributed by atoms with Gasteiger partial charge in [-0.3, -0.25) is 14.6 Å². The van der Waals surface area contributed by atoms with Crippen molar-refractivity contribution >= 4 is 5.91 Å². The second-order valence-electron chi connectivity index (χ2n) is 10.6. The van der Waals surface area contributed by atoms with Gasteiger partial charge in [-0.1, -0.05) is 24.9 Å². The maximum absolute atomic E-state index is 13.2. The van der Waals surface area contributed by atoms with Crippen LogP contribution in [0.4, 0.5) is 0 Å². The van der Waals surface area contributed by atoms with E-state index in [-0.39, 0.29) is 5.41 Å². The number of aromatic nitrogens is 2. The molecule has 1 amide bonds. The van der Waals surface area contributed by atoms with E-state index in [2.05, 4.69) is 45.6 Å². The number of nitrogens with zero attached hydrogens (tertiary/aromatic N) is 5. The van der Waals surface area contributed by atoms with Crippen LogP contribution in [0.15, 0.2) is 4.52 Å². The summed E-state index contributed by atoms with van der Waals surface area (Å²) >= 11 is 0. The minimum Gasteiger partial charge on any atom is -0.343 e. The Morgan fingerprint density at radius 3 is 2.39 bits per heavy atom. The third-order valence-electron chi connectivity index (χ3n) is 8.14. The monoisotopic (exact) mass is 431 g/mol. The molecular formula is C24H41N5O2. The summed E-state index contributed by atoms with van der Waals surface area (Å²) < 4.78 is 5.20. The molecule has 2 saturated heterocycles. The minimum atomic E-state index is -0.0853. The second-order valence-corrected chi connectivity index (χ2v) is 10.6. The number of hydrogen-bond donors (Lipinski definition) is 0. The lowest BCUT2D eigenvalue weighted by Crippen LogP contribution is -2.55. The van der Waals surface area contributed by atoms with E-state index >= 15 is 0 Å². The standard InChI is InChI=1S/C24H41N5O2/c1-18(2)27-13-15-28(16-14-27)21-8-6-5-7-20(21)17-22(30)29-11-9-24(4,10-12-29)23-25-19(3)31-26-23/h18,20-21H,5-17H2,1-4H3/t20-,21+/m1/s1. The molecule has 31 heavy (non-hydrogen) atoms. The van der Waals surface area contributed by atoms with Crippen molar-refractivity contribution in [3.63, 3.8) is 0 Å². The number of carbonyl (C=O) groups excluding carboxylic acids is 1. The SMILES string of the molecule is Cc1nc(C2(C)CCN(C(=O)C[C@H]3CCCC[C@@H]3N3CCN(C(C)C)CC3)CC2)no1. The highest BCUT2D eigenvalue weighted by atomic mass is 16.5. The van der Waals surface area contributed by atoms with Crippen molar-refractivity contribution in [3.8, 4) is 0 Å². The lowest BCUT2D eigenvalue weighted by atomic mass is 9.78. The van der Waals surface area contributed by atoms with Gasteiger partial charge in [-0.15, -0.1) is 0 Å². The molecule has 7 heteroatoms. The van der Waals surface area contributed by atoms with E-state index in [1.54, 1.807) is 0 Å². The number of aryl methyl sites for hydroxylation is 1. The molecule has 1 aromatic heterocycles. The first-order valence-corrected chi connectivity index (χ1v) is 12.4. The molecule has 0 aromatic carbocycles. The van der Waals surface area contributed by atoms with E-state index in [9.17, 15) is 4.79 Å². The van der Waals surface area contributed by atoms with Crippen LogP contribution >= 0.6 is 0 Å². The number of likely N-dealkylation sites (tertiary alicyclic amines) is 1. The van der Waals surface area contributed by atoms with Gasteiger partial charge in [0.2, 0.25) is 11.8 Å². The quantitative estimate of drug-likeness (QED) is 0.713. The summed E-state index contributed by atoms with van der Waals surface area (Å²) in [5, 5.41) is 4.15. The van der Waals surface area contributed by atoms with Crippen LogP contribution in [-0.4, -0.2) is 82.1 Å². The fourth-order valence-corrected chi connectivity index (χ4v) is 5.86. The smallest absolute Gasteiger partial charge is 0.223 e. The van der Waals surface area contributed by atoms with Crippen LogP contribution < -0.4 is 0 Å². The highest BCUT2D eigenvalue weighted by Gasteiger charge is 2.39. The molecule has 3 heterocycles. The highest BCUT2D eigenvalue weighted by molar-refractivity contribution is 5.76. The van der Waals surface area contributed by atoms with Crippen LogP contribution in [0.5, 0.6) is 0 Å². The average Bonchev–Trinajstić information content (AvgIpc) is 3.22. The van der Waals surface area contributed by atoms with E-state index in [4.69, 9.17) is 4.52 Å². The predicted molar refractivity (Wildman–Crippen MR) is 121 cm³/mol. The first kappa shape index (κ1) is 22.7. The average molecular weight is 432 g/mol. The molecule has 2 aliphatic heterocycles. The van der Waals surface area contributed by atoms with E-state index in [1.807, 2.05) is 6.92 Å². The Kier molecular flexibility index (Phi) is 7.01. The summed E-state index contributed by atoms with van der Waals surface area (Å²) in [6.07, 6.45) is 7.57. The van der Waals surface area contributed by atoms with Crippen LogP contribution in [-0.2, 0) is 10.2 Å². The molecule has 1 saturated carbocycles. The molecule has 7 nitrogen and oxygen atoms in total. The third-order valence-corrected chi connectivity index (χ3v) is 8.14. The first-order valence-electron chi connectivity index (χ1n) is 12.4. The Balaban J connectivity index is 1.31. The zero-order valence-electron chi connectivity index (χ0n) is 20.0. The van der Waals surface area contributed by atoms with E-state index in [0.29, 0.717) is 36.2 Å². The Morgan fingerprint density at radius 1 is 1.10 bits per heavy atom. The van der Waals surface area contributed by atoms with Gasteiger partial charge in [0.05, 0.1) is 0 Å².